The Morgan fingerprint density at radius 1 is 0.494 bits per heavy atom. The van der Waals surface area contributed by atoms with E-state index in [1.165, 1.54) is 11.8 Å². The number of carboxylic acid groups (broad SMARTS) is 5. The fraction of sp³-hybridized carbons (Fsp3) is 0.682. The van der Waals surface area contributed by atoms with Gasteiger partial charge in [-0.3, -0.25) is 62.3 Å². The van der Waals surface area contributed by atoms with Gasteiger partial charge in [0.25, 0.3) is 0 Å². The van der Waals surface area contributed by atoms with E-state index in [0.717, 1.165) is 6.92 Å². The van der Waals surface area contributed by atoms with Gasteiger partial charge in [0.05, 0.1) is 38.1 Å². The Bertz CT molecular complexity index is 2080. The molecule has 32 nitrogen and oxygen atoms in total. The van der Waals surface area contributed by atoms with Crippen molar-refractivity contribution in [3.05, 3.63) is 0 Å². The summed E-state index contributed by atoms with van der Waals surface area (Å²) in [5.41, 5.74) is 11.3. The molecule has 0 aliphatic heterocycles. The number of carbonyl (C=O) groups excluding carboxylic acids is 9. The summed E-state index contributed by atoms with van der Waals surface area (Å²) >= 11 is 1.24. The van der Waals surface area contributed by atoms with Crippen LogP contribution in [0.2, 0.25) is 0 Å². The van der Waals surface area contributed by atoms with E-state index < -0.39 is 195 Å². The van der Waals surface area contributed by atoms with Crippen molar-refractivity contribution in [2.24, 2.45) is 17.4 Å². The molecule has 0 fully saturated rings. The predicted octanol–water partition coefficient (Wildman–Crippen LogP) is -6.63. The van der Waals surface area contributed by atoms with Gasteiger partial charge in [0.1, 0.15) is 48.3 Å². The van der Waals surface area contributed by atoms with E-state index in [2.05, 4.69) is 37.2 Å². The highest BCUT2D eigenvalue weighted by atomic mass is 32.2. The lowest BCUT2D eigenvalue weighted by molar-refractivity contribution is -0.143. The van der Waals surface area contributed by atoms with Gasteiger partial charge in [0.15, 0.2) is 0 Å². The number of nitrogens with one attached hydrogen (secondary N) is 9. The summed E-state index contributed by atoms with van der Waals surface area (Å²) in [7, 11) is 0. The maximum Gasteiger partial charge on any atom is 0.326 e. The maximum atomic E-state index is 13.6. The first-order valence-corrected chi connectivity index (χ1v) is 25.4. The summed E-state index contributed by atoms with van der Waals surface area (Å²) in [6.07, 6.45) is -4.51. The van der Waals surface area contributed by atoms with E-state index in [-0.39, 0.29) is 43.9 Å². The highest BCUT2D eigenvalue weighted by Gasteiger charge is 2.36. The molecule has 20 N–H and O–H groups in total. The number of thioether (sulfide) groups is 1. The molecule has 0 aromatic rings. The summed E-state index contributed by atoms with van der Waals surface area (Å²) in [5, 5.41) is 86.9. The van der Waals surface area contributed by atoms with Crippen LogP contribution in [0.5, 0.6) is 0 Å². The zero-order valence-corrected chi connectivity index (χ0v) is 43.7. The number of carbonyl (C=O) groups is 14. The Balaban J connectivity index is 6.28. The van der Waals surface area contributed by atoms with E-state index in [9.17, 15) is 103 Å². The third-order valence-corrected chi connectivity index (χ3v) is 11.4. The standard InChI is InChI=1S/C44H73N11O21S/c1-20(2)15-22(46)36(67)53-28(17-34(65)66)41(72)50-25(12-14-77-4)37(68)47-18-30(58)48-27(16-33(63)64)40(71)54-29(19-56)42(73)49-24(9-11-32(61)62)39(70)55-35(21(3)57)43(74)51-23(8-10-31(59)60)38(69)52-26(44(75)76)7-5-6-13-45/h20-29,35,56-57H,5-19,45-46H2,1-4H3,(H,47,68)(H,48,58)(H,49,73)(H,50,72)(H,51,74)(H,52,69)(H,53,67)(H,54,71)(H,55,70)(H,59,60)(H,61,62)(H,63,64)(H,65,66)(H,75,76)/t21-,22+,23+,24+,25+,26+,27+,28+,29+,35+/m1/s1. The number of rotatable bonds is 40. The van der Waals surface area contributed by atoms with Crippen molar-refractivity contribution >= 4 is 94.8 Å². The van der Waals surface area contributed by atoms with E-state index in [0.29, 0.717) is 6.42 Å². The van der Waals surface area contributed by atoms with E-state index >= 15 is 0 Å². The molecule has 9 amide bonds. The molecule has 0 saturated heterocycles. The normalized spacial score (nSPS) is 14.9. The molecule has 0 aromatic heterocycles. The molecule has 0 aromatic carbocycles. The van der Waals surface area contributed by atoms with Crippen molar-refractivity contribution in [2.75, 3.05) is 31.7 Å². The highest BCUT2D eigenvalue weighted by Crippen LogP contribution is 2.09. The number of hydrogen-bond acceptors (Lipinski definition) is 19. The van der Waals surface area contributed by atoms with Crippen LogP contribution in [-0.4, -0.2) is 211 Å². The van der Waals surface area contributed by atoms with Crippen LogP contribution in [0.4, 0.5) is 0 Å². The maximum absolute atomic E-state index is 13.6. The predicted molar refractivity (Wildman–Crippen MR) is 266 cm³/mol. The minimum Gasteiger partial charge on any atom is -0.481 e. The molecular weight excluding hydrogens is 1050 g/mol. The minimum atomic E-state index is -2.08. The number of aliphatic hydroxyl groups is 2. The number of aliphatic hydroxyl groups excluding tert-OH is 2. The van der Waals surface area contributed by atoms with E-state index in [4.69, 9.17) is 11.5 Å². The van der Waals surface area contributed by atoms with Crippen molar-refractivity contribution < 1.29 is 103 Å². The van der Waals surface area contributed by atoms with Gasteiger partial charge in [-0.05, 0) is 76.3 Å². The smallest absolute Gasteiger partial charge is 0.326 e. The number of amides is 9. The van der Waals surface area contributed by atoms with Crippen molar-refractivity contribution in [1.29, 1.82) is 0 Å². The second-order valence-corrected chi connectivity index (χ2v) is 18.8. The lowest BCUT2D eigenvalue weighted by Crippen LogP contribution is -2.62. The third kappa shape index (κ3) is 29.0. The Morgan fingerprint density at radius 2 is 0.922 bits per heavy atom. The molecule has 0 spiro atoms. The topological polar surface area (TPSA) is 541 Å². The number of carboxylic acids is 5. The minimum absolute atomic E-state index is 0.0325. The first-order valence-electron chi connectivity index (χ1n) is 24.0. The van der Waals surface area contributed by atoms with Crippen LogP contribution in [-0.2, 0) is 67.1 Å². The molecule has 77 heavy (non-hydrogen) atoms. The SMILES string of the molecule is CSCC[C@H](NC(=O)[C@H](CC(=O)O)NC(=O)[C@@H](N)CC(C)C)C(=O)NCC(=O)N[C@@H](CC(=O)O)C(=O)N[C@@H](CO)C(=O)N[C@@H](CCC(=O)O)C(=O)N[C@H](C(=O)N[C@@H](CCC(=O)O)C(=O)N[C@@H](CCCCN)C(=O)O)[C@@H](C)O. The first-order chi connectivity index (χ1) is 36.0. The van der Waals surface area contributed by atoms with Crippen LogP contribution in [0.1, 0.15) is 91.4 Å². The second-order valence-electron chi connectivity index (χ2n) is 17.8. The summed E-state index contributed by atoms with van der Waals surface area (Å²) in [6, 6.07) is -15.6. The van der Waals surface area contributed by atoms with Gasteiger partial charge in [0.2, 0.25) is 53.2 Å². The molecule has 0 saturated carbocycles. The number of unbranched alkanes of at least 4 members (excludes halogenated alkanes) is 1. The van der Waals surface area contributed by atoms with Crippen LogP contribution in [0, 0.1) is 5.92 Å². The van der Waals surface area contributed by atoms with Crippen molar-refractivity contribution in [3.63, 3.8) is 0 Å². The molecule has 0 bridgehead atoms. The van der Waals surface area contributed by atoms with Crippen LogP contribution in [0.15, 0.2) is 0 Å². The van der Waals surface area contributed by atoms with Gasteiger partial charge in [-0.1, -0.05) is 13.8 Å². The van der Waals surface area contributed by atoms with Gasteiger partial charge in [0, 0.05) is 12.8 Å². The molecule has 436 valence electrons. The second kappa shape index (κ2) is 36.7. The number of aliphatic carboxylic acids is 5. The Hall–Kier alpha value is -7.23. The van der Waals surface area contributed by atoms with Crippen LogP contribution in [0.25, 0.3) is 0 Å². The van der Waals surface area contributed by atoms with Crippen molar-refractivity contribution in [2.45, 2.75) is 152 Å². The Kier molecular flexibility index (Phi) is 33.3. The number of hydrogen-bond donors (Lipinski definition) is 18. The van der Waals surface area contributed by atoms with Crippen LogP contribution >= 0.6 is 11.8 Å². The van der Waals surface area contributed by atoms with Gasteiger partial charge in [-0.25, -0.2) is 4.79 Å². The average molecular weight is 1120 g/mol. The van der Waals surface area contributed by atoms with Gasteiger partial charge in [-0.2, -0.15) is 11.8 Å². The highest BCUT2D eigenvalue weighted by molar-refractivity contribution is 7.98. The lowest BCUT2D eigenvalue weighted by atomic mass is 10.0. The molecule has 0 aliphatic carbocycles. The van der Waals surface area contributed by atoms with Gasteiger partial charge < -0.3 is 95.1 Å². The molecular formula is C44H73N11O21S. The van der Waals surface area contributed by atoms with Gasteiger partial charge in [-0.15, -0.1) is 0 Å². The van der Waals surface area contributed by atoms with E-state index in [1.807, 2.05) is 10.6 Å². The molecule has 0 radical (unpaired) electrons. The summed E-state index contributed by atoms with van der Waals surface area (Å²) in [5.74, 6) is -18.2. The van der Waals surface area contributed by atoms with Gasteiger partial charge >= 0.3 is 29.8 Å². The summed E-state index contributed by atoms with van der Waals surface area (Å²) in [4.78, 5) is 177. The molecule has 0 unspecified atom stereocenters. The fourth-order valence-electron chi connectivity index (χ4n) is 6.73. The lowest BCUT2D eigenvalue weighted by Gasteiger charge is -2.28. The zero-order chi connectivity index (χ0) is 59.1. The quantitative estimate of drug-likeness (QED) is 0.0254. The number of nitrogens with two attached hydrogens (primary N) is 2. The molecule has 0 aliphatic rings. The van der Waals surface area contributed by atoms with Crippen molar-refractivity contribution in [3.8, 4) is 0 Å². The first kappa shape index (κ1) is 69.8. The Morgan fingerprint density at radius 3 is 1.36 bits per heavy atom. The van der Waals surface area contributed by atoms with E-state index in [1.54, 1.807) is 20.1 Å². The molecule has 33 heteroatoms. The molecule has 0 heterocycles. The average Bonchev–Trinajstić information content (AvgIpc) is 3.33. The van der Waals surface area contributed by atoms with Crippen LogP contribution in [0.3, 0.4) is 0 Å². The fourth-order valence-corrected chi connectivity index (χ4v) is 7.20. The zero-order valence-electron chi connectivity index (χ0n) is 42.9. The summed E-state index contributed by atoms with van der Waals surface area (Å²) < 4.78 is 0. The van der Waals surface area contributed by atoms with Crippen LogP contribution < -0.4 is 59.3 Å². The monoisotopic (exact) mass is 1120 g/mol. The van der Waals surface area contributed by atoms with Crippen molar-refractivity contribution in [1.82, 2.24) is 47.9 Å². The largest absolute Gasteiger partial charge is 0.481 e. The molecule has 0 rings (SSSR count). The molecule has 10 atom stereocenters. The summed E-state index contributed by atoms with van der Waals surface area (Å²) in [6.45, 7) is 2.49. The Labute approximate surface area is 445 Å². The third-order valence-electron chi connectivity index (χ3n) is 10.8.